The third-order valence-corrected chi connectivity index (χ3v) is 4.73. The number of hydrogen-bond donors (Lipinski definition) is 2. The summed E-state index contributed by atoms with van der Waals surface area (Å²) in [5, 5.41) is 20.7. The Morgan fingerprint density at radius 1 is 1.45 bits per heavy atom. The monoisotopic (exact) mass is 317 g/mol. The molecule has 0 bridgehead atoms. The first-order valence-electron chi connectivity index (χ1n) is 6.56. The molecule has 1 aliphatic rings. The fourth-order valence-electron chi connectivity index (χ4n) is 2.90. The minimum Gasteiger partial charge on any atom is -0.465 e. The molecule has 2 atom stereocenters. The molecule has 20 heavy (non-hydrogen) atoms. The van der Waals surface area contributed by atoms with E-state index < -0.39 is 17.7 Å². The van der Waals surface area contributed by atoms with Crippen molar-refractivity contribution < 1.29 is 15.0 Å². The number of amides is 1. The Hall–Kier alpha value is -0.970. The number of rotatable bonds is 4. The summed E-state index contributed by atoms with van der Waals surface area (Å²) in [5.41, 5.74) is -0.156. The van der Waals surface area contributed by atoms with Gasteiger partial charge in [-0.25, -0.2) is 4.79 Å². The van der Waals surface area contributed by atoms with Crippen LogP contribution in [0.1, 0.15) is 37.9 Å². The normalized spacial score (nSPS) is 23.3. The number of carboxylic acid groups (broad SMARTS) is 1. The van der Waals surface area contributed by atoms with Gasteiger partial charge in [0.15, 0.2) is 0 Å². The summed E-state index contributed by atoms with van der Waals surface area (Å²) in [7, 11) is 0. The fourth-order valence-corrected chi connectivity index (χ4v) is 3.21. The molecule has 0 saturated carbocycles. The zero-order chi connectivity index (χ0) is 14.9. The predicted octanol–water partition coefficient (Wildman–Crippen LogP) is 3.95. The molecular weight excluding hydrogens is 301 g/mol. The van der Waals surface area contributed by atoms with E-state index in [1.54, 1.807) is 18.2 Å². The van der Waals surface area contributed by atoms with Crippen LogP contribution in [-0.2, 0) is 0 Å². The SMILES string of the molecule is CCCC1(C(O)c2ccc(Cl)c(Cl)c2)CCN1C(=O)O. The maximum absolute atomic E-state index is 11.3. The lowest BCUT2D eigenvalue weighted by molar-refractivity contribution is -0.0917. The molecule has 2 unspecified atom stereocenters. The smallest absolute Gasteiger partial charge is 0.407 e. The number of likely N-dealkylation sites (tertiary alicyclic amines) is 1. The van der Waals surface area contributed by atoms with E-state index in [9.17, 15) is 15.0 Å². The van der Waals surface area contributed by atoms with Crippen molar-refractivity contribution in [3.8, 4) is 0 Å². The van der Waals surface area contributed by atoms with Crippen LogP contribution >= 0.6 is 23.2 Å². The first-order chi connectivity index (χ1) is 9.42. The largest absolute Gasteiger partial charge is 0.465 e. The van der Waals surface area contributed by atoms with Crippen LogP contribution in [0.4, 0.5) is 4.79 Å². The molecule has 6 heteroatoms. The summed E-state index contributed by atoms with van der Waals surface area (Å²) in [5.74, 6) is 0. The number of benzene rings is 1. The minimum absolute atomic E-state index is 0.357. The molecule has 1 aliphatic heterocycles. The second-order valence-electron chi connectivity index (χ2n) is 5.11. The molecule has 2 N–H and O–H groups in total. The van der Waals surface area contributed by atoms with Crippen LogP contribution in [0.15, 0.2) is 18.2 Å². The molecule has 0 spiro atoms. The average molecular weight is 318 g/mol. The van der Waals surface area contributed by atoms with Gasteiger partial charge in [0.1, 0.15) is 6.10 Å². The summed E-state index contributed by atoms with van der Waals surface area (Å²) in [6, 6.07) is 4.91. The van der Waals surface area contributed by atoms with Crippen LogP contribution in [-0.4, -0.2) is 33.3 Å². The zero-order valence-corrected chi connectivity index (χ0v) is 12.7. The summed E-state index contributed by atoms with van der Waals surface area (Å²) in [6.07, 6.45) is 0.156. The molecule has 4 nitrogen and oxygen atoms in total. The van der Waals surface area contributed by atoms with Gasteiger partial charge in [0.05, 0.1) is 15.6 Å². The van der Waals surface area contributed by atoms with Crippen molar-refractivity contribution in [2.45, 2.75) is 37.8 Å². The van der Waals surface area contributed by atoms with Crippen molar-refractivity contribution in [2.75, 3.05) is 6.54 Å². The molecule has 0 radical (unpaired) electrons. The van der Waals surface area contributed by atoms with Gasteiger partial charge in [0.25, 0.3) is 0 Å². The molecule has 1 aromatic carbocycles. The Kier molecular flexibility index (Phi) is 4.47. The Morgan fingerprint density at radius 3 is 2.60 bits per heavy atom. The van der Waals surface area contributed by atoms with Gasteiger partial charge in [-0.2, -0.15) is 0 Å². The number of aliphatic hydroxyl groups excluding tert-OH is 1. The van der Waals surface area contributed by atoms with Crippen molar-refractivity contribution >= 4 is 29.3 Å². The second-order valence-corrected chi connectivity index (χ2v) is 5.93. The van der Waals surface area contributed by atoms with Crippen LogP contribution in [0, 0.1) is 0 Å². The third kappa shape index (κ3) is 2.48. The van der Waals surface area contributed by atoms with Gasteiger partial charge < -0.3 is 10.2 Å². The van der Waals surface area contributed by atoms with Crippen LogP contribution in [0.5, 0.6) is 0 Å². The lowest BCUT2D eigenvalue weighted by atomic mass is 9.74. The van der Waals surface area contributed by atoms with E-state index in [2.05, 4.69) is 0 Å². The van der Waals surface area contributed by atoms with E-state index >= 15 is 0 Å². The van der Waals surface area contributed by atoms with E-state index in [1.165, 1.54) is 4.90 Å². The Labute approximate surface area is 127 Å². The minimum atomic E-state index is -0.996. The van der Waals surface area contributed by atoms with Crippen molar-refractivity contribution in [1.82, 2.24) is 4.90 Å². The number of nitrogens with zero attached hydrogens (tertiary/aromatic N) is 1. The molecule has 1 fully saturated rings. The first kappa shape index (κ1) is 15.4. The van der Waals surface area contributed by atoms with Crippen LogP contribution in [0.2, 0.25) is 10.0 Å². The highest BCUT2D eigenvalue weighted by Crippen LogP contribution is 2.45. The van der Waals surface area contributed by atoms with Crippen molar-refractivity contribution in [1.29, 1.82) is 0 Å². The number of hydrogen-bond acceptors (Lipinski definition) is 2. The summed E-state index contributed by atoms with van der Waals surface area (Å²) >= 11 is 11.8. The summed E-state index contributed by atoms with van der Waals surface area (Å²) in [4.78, 5) is 12.6. The van der Waals surface area contributed by atoms with E-state index in [1.807, 2.05) is 6.92 Å². The zero-order valence-electron chi connectivity index (χ0n) is 11.1. The van der Waals surface area contributed by atoms with Crippen LogP contribution in [0.3, 0.4) is 0 Å². The number of halogens is 2. The van der Waals surface area contributed by atoms with Crippen LogP contribution in [0.25, 0.3) is 0 Å². The van der Waals surface area contributed by atoms with Gasteiger partial charge in [-0.1, -0.05) is 42.6 Å². The van der Waals surface area contributed by atoms with Crippen molar-refractivity contribution in [3.05, 3.63) is 33.8 Å². The fraction of sp³-hybridized carbons (Fsp3) is 0.500. The Balaban J connectivity index is 2.34. The molecule has 0 aliphatic carbocycles. The van der Waals surface area contributed by atoms with Gasteiger partial charge in [-0.15, -0.1) is 0 Å². The van der Waals surface area contributed by atoms with E-state index in [0.29, 0.717) is 35.0 Å². The summed E-state index contributed by atoms with van der Waals surface area (Å²) in [6.45, 7) is 2.43. The molecule has 1 aromatic rings. The topological polar surface area (TPSA) is 60.8 Å². The number of carbonyl (C=O) groups is 1. The maximum Gasteiger partial charge on any atom is 0.407 e. The van der Waals surface area contributed by atoms with Gasteiger partial charge in [0, 0.05) is 6.54 Å². The van der Waals surface area contributed by atoms with Gasteiger partial charge >= 0.3 is 6.09 Å². The lowest BCUT2D eigenvalue weighted by Crippen LogP contribution is -2.64. The first-order valence-corrected chi connectivity index (χ1v) is 7.31. The Morgan fingerprint density at radius 2 is 2.15 bits per heavy atom. The van der Waals surface area contributed by atoms with Gasteiger partial charge in [-0.05, 0) is 30.5 Å². The van der Waals surface area contributed by atoms with E-state index in [0.717, 1.165) is 6.42 Å². The molecule has 2 rings (SSSR count). The molecule has 110 valence electrons. The van der Waals surface area contributed by atoms with Gasteiger partial charge in [0.2, 0.25) is 0 Å². The molecule has 1 saturated heterocycles. The van der Waals surface area contributed by atoms with E-state index in [-0.39, 0.29) is 0 Å². The second kappa shape index (κ2) is 5.80. The number of aliphatic hydroxyl groups is 1. The summed E-state index contributed by atoms with van der Waals surface area (Å²) < 4.78 is 0. The lowest BCUT2D eigenvalue weighted by Gasteiger charge is -2.54. The highest BCUT2D eigenvalue weighted by Gasteiger charge is 2.52. The molecule has 1 amide bonds. The maximum atomic E-state index is 11.3. The highest BCUT2D eigenvalue weighted by molar-refractivity contribution is 6.42. The highest BCUT2D eigenvalue weighted by atomic mass is 35.5. The van der Waals surface area contributed by atoms with Crippen molar-refractivity contribution in [3.63, 3.8) is 0 Å². The van der Waals surface area contributed by atoms with Crippen LogP contribution < -0.4 is 0 Å². The molecule has 1 heterocycles. The quantitative estimate of drug-likeness (QED) is 0.883. The van der Waals surface area contributed by atoms with Crippen molar-refractivity contribution in [2.24, 2.45) is 0 Å². The molecular formula is C14H17Cl2NO3. The predicted molar refractivity (Wildman–Crippen MR) is 78.4 cm³/mol. The van der Waals surface area contributed by atoms with Gasteiger partial charge in [-0.3, -0.25) is 4.90 Å². The van der Waals surface area contributed by atoms with E-state index in [4.69, 9.17) is 23.2 Å². The molecule has 0 aromatic heterocycles. The average Bonchev–Trinajstić information content (AvgIpc) is 2.36. The third-order valence-electron chi connectivity index (χ3n) is 3.99. The standard InChI is InChI=1S/C14H17Cl2NO3/c1-2-5-14(6-7-17(14)13(19)20)12(18)9-3-4-10(15)11(16)8-9/h3-4,8,12,18H,2,5-7H2,1H3,(H,19,20). The Bertz CT molecular complexity index is 523.